The minimum absolute atomic E-state index is 0.201. The summed E-state index contributed by atoms with van der Waals surface area (Å²) in [5, 5.41) is 6.57. The summed E-state index contributed by atoms with van der Waals surface area (Å²) in [5.74, 6) is 1.96. The predicted molar refractivity (Wildman–Crippen MR) is 107 cm³/mol. The van der Waals surface area contributed by atoms with Crippen molar-refractivity contribution in [3.8, 4) is 11.5 Å². The number of guanidine groups is 1. The van der Waals surface area contributed by atoms with Gasteiger partial charge in [0.05, 0.1) is 13.7 Å². The molecule has 2 N–H and O–H groups in total. The number of aryl methyl sites for hydroxylation is 1. The lowest BCUT2D eigenvalue weighted by atomic mass is 10.1. The van der Waals surface area contributed by atoms with Gasteiger partial charge in [-0.05, 0) is 61.2 Å². The van der Waals surface area contributed by atoms with E-state index in [2.05, 4.69) is 15.6 Å². The maximum absolute atomic E-state index is 13.2. The Morgan fingerprint density at radius 1 is 1.11 bits per heavy atom. The summed E-state index contributed by atoms with van der Waals surface area (Å²) in [6.07, 6.45) is 0.795. The Morgan fingerprint density at radius 2 is 1.93 bits per heavy atom. The second-order valence-corrected chi connectivity index (χ2v) is 6.09. The van der Waals surface area contributed by atoms with E-state index in [-0.39, 0.29) is 5.82 Å². The largest absolute Gasteiger partial charge is 0.493 e. The topological polar surface area (TPSA) is 54.9 Å². The Balaban J connectivity index is 1.87. The summed E-state index contributed by atoms with van der Waals surface area (Å²) < 4.78 is 24.1. The molecule has 2 aromatic carbocycles. The van der Waals surface area contributed by atoms with E-state index in [1.807, 2.05) is 38.1 Å². The van der Waals surface area contributed by atoms with E-state index in [0.29, 0.717) is 25.7 Å². The van der Waals surface area contributed by atoms with Crippen LogP contribution >= 0.6 is 0 Å². The molecule has 2 rings (SSSR count). The molecule has 5 nitrogen and oxygen atoms in total. The smallest absolute Gasteiger partial charge is 0.191 e. The molecule has 0 heterocycles. The standard InChI is InChI=1S/C21H28FN3O2/c1-5-27-20-13-16(6-9-19(20)26-4)14-25-21(23-3)24-11-10-17-7-8-18(22)12-15(17)2/h6-9,12-13H,5,10-11,14H2,1-4H3,(H2,23,24,25). The predicted octanol–water partition coefficient (Wildman–Crippen LogP) is 3.45. The van der Waals surface area contributed by atoms with E-state index < -0.39 is 0 Å². The van der Waals surface area contributed by atoms with E-state index in [9.17, 15) is 4.39 Å². The molecular formula is C21H28FN3O2. The van der Waals surface area contributed by atoms with Crippen molar-refractivity contribution in [3.63, 3.8) is 0 Å². The molecule has 0 amide bonds. The molecule has 0 atom stereocenters. The number of nitrogens with zero attached hydrogens (tertiary/aromatic N) is 1. The van der Waals surface area contributed by atoms with Crippen LogP contribution in [0.4, 0.5) is 4.39 Å². The van der Waals surface area contributed by atoms with Crippen LogP contribution in [0.2, 0.25) is 0 Å². The van der Waals surface area contributed by atoms with Gasteiger partial charge in [0.2, 0.25) is 0 Å². The zero-order chi connectivity index (χ0) is 19.6. The maximum Gasteiger partial charge on any atom is 0.191 e. The van der Waals surface area contributed by atoms with Crippen LogP contribution in [0.25, 0.3) is 0 Å². The van der Waals surface area contributed by atoms with Gasteiger partial charge in [0.15, 0.2) is 17.5 Å². The van der Waals surface area contributed by atoms with E-state index in [4.69, 9.17) is 9.47 Å². The summed E-state index contributed by atoms with van der Waals surface area (Å²) >= 11 is 0. The second kappa shape index (κ2) is 10.4. The molecule has 27 heavy (non-hydrogen) atoms. The van der Waals surface area contributed by atoms with Gasteiger partial charge in [0.25, 0.3) is 0 Å². The molecule has 2 aromatic rings. The van der Waals surface area contributed by atoms with Crippen molar-refractivity contribution in [3.05, 3.63) is 58.9 Å². The quantitative estimate of drug-likeness (QED) is 0.550. The first-order valence-corrected chi connectivity index (χ1v) is 9.06. The number of hydrogen-bond donors (Lipinski definition) is 2. The minimum Gasteiger partial charge on any atom is -0.493 e. The Bertz CT molecular complexity index is 778. The molecule has 0 aliphatic heterocycles. The van der Waals surface area contributed by atoms with Crippen molar-refractivity contribution in [1.82, 2.24) is 10.6 Å². The molecule has 0 spiro atoms. The molecule has 0 saturated carbocycles. The third kappa shape index (κ3) is 6.16. The van der Waals surface area contributed by atoms with Crippen molar-refractivity contribution in [2.75, 3.05) is 27.3 Å². The van der Waals surface area contributed by atoms with E-state index in [1.54, 1.807) is 20.2 Å². The fourth-order valence-electron chi connectivity index (χ4n) is 2.76. The SMILES string of the molecule is CCOc1cc(CNC(=NC)NCCc2ccc(F)cc2C)ccc1OC. The van der Waals surface area contributed by atoms with E-state index in [1.165, 1.54) is 6.07 Å². The number of aliphatic imine (C=N–C) groups is 1. The Labute approximate surface area is 160 Å². The minimum atomic E-state index is -0.201. The van der Waals surface area contributed by atoms with Crippen LogP contribution in [-0.2, 0) is 13.0 Å². The van der Waals surface area contributed by atoms with Gasteiger partial charge in [0.1, 0.15) is 5.82 Å². The first-order valence-electron chi connectivity index (χ1n) is 9.06. The molecule has 0 aromatic heterocycles. The normalized spacial score (nSPS) is 11.2. The maximum atomic E-state index is 13.2. The molecule has 0 aliphatic rings. The zero-order valence-electron chi connectivity index (χ0n) is 16.4. The lowest BCUT2D eigenvalue weighted by Crippen LogP contribution is -2.37. The molecular weight excluding hydrogens is 345 g/mol. The molecule has 0 bridgehead atoms. The fraction of sp³-hybridized carbons (Fsp3) is 0.381. The van der Waals surface area contributed by atoms with Gasteiger partial charge < -0.3 is 20.1 Å². The average molecular weight is 373 g/mol. The highest BCUT2D eigenvalue weighted by atomic mass is 19.1. The third-order valence-corrected chi connectivity index (χ3v) is 4.20. The number of rotatable bonds is 8. The van der Waals surface area contributed by atoms with Crippen LogP contribution in [0.3, 0.4) is 0 Å². The van der Waals surface area contributed by atoms with Crippen LogP contribution in [-0.4, -0.2) is 33.3 Å². The third-order valence-electron chi connectivity index (χ3n) is 4.20. The van der Waals surface area contributed by atoms with E-state index >= 15 is 0 Å². The van der Waals surface area contributed by atoms with Gasteiger partial charge in [-0.25, -0.2) is 4.39 Å². The highest BCUT2D eigenvalue weighted by molar-refractivity contribution is 5.79. The first kappa shape index (κ1) is 20.6. The summed E-state index contributed by atoms with van der Waals surface area (Å²) in [7, 11) is 3.36. The van der Waals surface area contributed by atoms with Crippen LogP contribution in [0, 0.1) is 12.7 Å². The van der Waals surface area contributed by atoms with Crippen LogP contribution in [0.1, 0.15) is 23.6 Å². The number of ether oxygens (including phenoxy) is 2. The zero-order valence-corrected chi connectivity index (χ0v) is 16.4. The van der Waals surface area contributed by atoms with Gasteiger partial charge >= 0.3 is 0 Å². The first-order chi connectivity index (χ1) is 13.1. The number of halogens is 1. The Kier molecular flexibility index (Phi) is 7.92. The molecule has 6 heteroatoms. The molecule has 0 unspecified atom stereocenters. The molecule has 0 fully saturated rings. The number of methoxy groups -OCH3 is 1. The Morgan fingerprint density at radius 3 is 2.59 bits per heavy atom. The van der Waals surface area contributed by atoms with Crippen LogP contribution in [0.15, 0.2) is 41.4 Å². The highest BCUT2D eigenvalue weighted by Crippen LogP contribution is 2.27. The lowest BCUT2D eigenvalue weighted by molar-refractivity contribution is 0.310. The van der Waals surface area contributed by atoms with Crippen molar-refractivity contribution < 1.29 is 13.9 Å². The monoisotopic (exact) mass is 373 g/mol. The molecule has 146 valence electrons. The van der Waals surface area contributed by atoms with Crippen LogP contribution < -0.4 is 20.1 Å². The lowest BCUT2D eigenvalue weighted by Gasteiger charge is -2.14. The summed E-state index contributed by atoms with van der Waals surface area (Å²) in [4.78, 5) is 4.24. The molecule has 0 saturated heterocycles. The van der Waals surface area contributed by atoms with E-state index in [0.717, 1.165) is 34.6 Å². The average Bonchev–Trinajstić information content (AvgIpc) is 2.66. The van der Waals surface area contributed by atoms with Crippen molar-refractivity contribution in [2.45, 2.75) is 26.8 Å². The van der Waals surface area contributed by atoms with Gasteiger partial charge in [0, 0.05) is 20.1 Å². The van der Waals surface area contributed by atoms with Gasteiger partial charge in [-0.2, -0.15) is 0 Å². The van der Waals surface area contributed by atoms with Crippen molar-refractivity contribution in [1.29, 1.82) is 0 Å². The molecule has 0 radical (unpaired) electrons. The Hall–Kier alpha value is -2.76. The summed E-state index contributed by atoms with van der Waals surface area (Å²) in [6, 6.07) is 10.7. The van der Waals surface area contributed by atoms with Gasteiger partial charge in [-0.3, -0.25) is 4.99 Å². The van der Waals surface area contributed by atoms with Gasteiger partial charge in [-0.15, -0.1) is 0 Å². The summed E-state index contributed by atoms with van der Waals surface area (Å²) in [5.41, 5.74) is 3.15. The molecule has 0 aliphatic carbocycles. The fourth-order valence-corrected chi connectivity index (χ4v) is 2.76. The number of nitrogens with one attached hydrogen (secondary N) is 2. The van der Waals surface area contributed by atoms with Gasteiger partial charge in [-0.1, -0.05) is 12.1 Å². The van der Waals surface area contributed by atoms with Crippen LogP contribution in [0.5, 0.6) is 11.5 Å². The number of hydrogen-bond acceptors (Lipinski definition) is 3. The second-order valence-electron chi connectivity index (χ2n) is 6.09. The summed E-state index contributed by atoms with van der Waals surface area (Å²) in [6.45, 7) is 5.77. The highest BCUT2D eigenvalue weighted by Gasteiger charge is 2.06. The van der Waals surface area contributed by atoms with Crippen molar-refractivity contribution in [2.24, 2.45) is 4.99 Å². The number of benzene rings is 2. The van der Waals surface area contributed by atoms with Crippen molar-refractivity contribution >= 4 is 5.96 Å².